The molecule has 15 heteroatoms. The van der Waals surface area contributed by atoms with Gasteiger partial charge in [0.1, 0.15) is 17.8 Å². The van der Waals surface area contributed by atoms with Gasteiger partial charge in [-0.1, -0.05) is 25.0 Å². The summed E-state index contributed by atoms with van der Waals surface area (Å²) in [4.78, 5) is 74.0. The molecular weight excluding hydrogens is 694 g/mol. The van der Waals surface area contributed by atoms with E-state index in [9.17, 15) is 39.0 Å². The average Bonchev–Trinajstić information content (AvgIpc) is 3.16. The minimum Gasteiger partial charge on any atom is -0.508 e. The van der Waals surface area contributed by atoms with E-state index >= 15 is 0 Å². The van der Waals surface area contributed by atoms with E-state index in [-0.39, 0.29) is 54.0 Å². The Morgan fingerprint density at radius 2 is 1.22 bits per heavy atom. The van der Waals surface area contributed by atoms with Crippen molar-refractivity contribution in [3.8, 4) is 5.75 Å². The lowest BCUT2D eigenvalue weighted by molar-refractivity contribution is -0.142. The van der Waals surface area contributed by atoms with Crippen LogP contribution in [0.15, 0.2) is 24.3 Å². The summed E-state index contributed by atoms with van der Waals surface area (Å²) in [7, 11) is 0. The Hall–Kier alpha value is -4.24. The lowest BCUT2D eigenvalue weighted by Crippen LogP contribution is -2.50. The van der Waals surface area contributed by atoms with Gasteiger partial charge in [0, 0.05) is 51.2 Å². The number of amides is 5. The largest absolute Gasteiger partial charge is 0.508 e. The number of unbranched alkanes of at least 4 members (excludes halogenated alkanes) is 5. The number of benzene rings is 1. The van der Waals surface area contributed by atoms with Crippen LogP contribution >= 0.6 is 0 Å². The molecule has 0 unspecified atom stereocenters. The zero-order chi connectivity index (χ0) is 39.6. The Bertz CT molecular complexity index is 1290. The van der Waals surface area contributed by atoms with Crippen molar-refractivity contribution in [2.75, 3.05) is 32.7 Å². The van der Waals surface area contributed by atoms with Gasteiger partial charge in [0.2, 0.25) is 29.5 Å². The molecule has 0 spiro atoms. The van der Waals surface area contributed by atoms with Gasteiger partial charge in [-0.15, -0.1) is 0 Å². The van der Waals surface area contributed by atoms with Crippen LogP contribution in [0.4, 0.5) is 0 Å². The van der Waals surface area contributed by atoms with E-state index in [4.69, 9.17) is 11.5 Å². The maximum Gasteiger partial charge on any atom is 0.326 e. The van der Waals surface area contributed by atoms with Gasteiger partial charge in [0.15, 0.2) is 0 Å². The summed E-state index contributed by atoms with van der Waals surface area (Å²) in [5, 5.41) is 33.0. The van der Waals surface area contributed by atoms with E-state index in [1.165, 1.54) is 0 Å². The number of nitrogens with one attached hydrogen (secondary N) is 5. The van der Waals surface area contributed by atoms with Crippen molar-refractivity contribution in [3.63, 3.8) is 0 Å². The molecule has 304 valence electrons. The molecule has 0 bridgehead atoms. The Labute approximate surface area is 319 Å². The van der Waals surface area contributed by atoms with E-state index in [1.54, 1.807) is 24.3 Å². The lowest BCUT2D eigenvalue weighted by atomic mass is 9.81. The fourth-order valence-corrected chi connectivity index (χ4v) is 6.43. The molecule has 1 aromatic rings. The summed E-state index contributed by atoms with van der Waals surface area (Å²) < 4.78 is 0. The summed E-state index contributed by atoms with van der Waals surface area (Å²) in [6, 6.07) is 4.94. The van der Waals surface area contributed by atoms with E-state index in [0.29, 0.717) is 103 Å². The Morgan fingerprint density at radius 3 is 1.81 bits per heavy atom. The van der Waals surface area contributed by atoms with Crippen molar-refractivity contribution in [2.45, 2.75) is 128 Å². The van der Waals surface area contributed by atoms with Crippen LogP contribution in [-0.4, -0.2) is 90.5 Å². The fraction of sp³-hybridized carbons (Fsp3) is 0.692. The summed E-state index contributed by atoms with van der Waals surface area (Å²) >= 11 is 0. The van der Waals surface area contributed by atoms with Gasteiger partial charge in [0.25, 0.3) is 0 Å². The van der Waals surface area contributed by atoms with Gasteiger partial charge >= 0.3 is 5.97 Å². The fourth-order valence-electron chi connectivity index (χ4n) is 6.43. The molecule has 2 rings (SSSR count). The minimum atomic E-state index is -1.05. The van der Waals surface area contributed by atoms with Gasteiger partial charge in [-0.25, -0.2) is 4.79 Å². The van der Waals surface area contributed by atoms with Gasteiger partial charge < -0.3 is 48.3 Å². The number of carboxylic acid groups (broad SMARTS) is 1. The van der Waals surface area contributed by atoms with Gasteiger partial charge in [-0.2, -0.15) is 0 Å². The Kier molecular flexibility index (Phi) is 23.3. The first-order valence-electron chi connectivity index (χ1n) is 19.8. The Balaban J connectivity index is 1.53. The molecule has 15 nitrogen and oxygen atoms in total. The molecule has 1 aromatic carbocycles. The lowest BCUT2D eigenvalue weighted by Gasteiger charge is -2.28. The second kappa shape index (κ2) is 27.4. The number of nitrogens with two attached hydrogens (primary N) is 2. The van der Waals surface area contributed by atoms with Crippen LogP contribution in [0, 0.1) is 11.8 Å². The summed E-state index contributed by atoms with van der Waals surface area (Å²) in [5.41, 5.74) is 12.1. The molecule has 0 heterocycles. The molecule has 0 aliphatic heterocycles. The number of rotatable bonds is 28. The number of aromatic hydroxyl groups is 1. The number of hydrogen-bond donors (Lipinski definition) is 9. The van der Waals surface area contributed by atoms with Crippen molar-refractivity contribution >= 4 is 35.5 Å². The highest BCUT2D eigenvalue weighted by atomic mass is 16.4. The van der Waals surface area contributed by atoms with Gasteiger partial charge in [-0.05, 0) is 114 Å². The van der Waals surface area contributed by atoms with Crippen molar-refractivity contribution in [2.24, 2.45) is 23.3 Å². The van der Waals surface area contributed by atoms with Crippen LogP contribution in [0.2, 0.25) is 0 Å². The van der Waals surface area contributed by atoms with Crippen LogP contribution in [0.1, 0.15) is 115 Å². The van der Waals surface area contributed by atoms with E-state index < -0.39 is 18.1 Å². The second-order valence-electron chi connectivity index (χ2n) is 14.3. The average molecular weight is 760 g/mol. The standard InChI is InChI=1S/C39H65N7O8/c40-22-6-5-10-32(39(53)54)45-36(50)12-4-2-7-23-42-35(49)13-9-25-43-34(48)11-3-1-8-24-44-38(52)33(26-28-16-20-31(47)21-17-28)46-37(51)30-18-14-29(27-41)15-19-30/h16-17,20-21,29-30,32-33,47H,1-15,18-19,22-27,40-41H2,(H,42,49)(H,43,48)(H,44,52)(H,45,50)(H,46,51)(H,53,54)/t29?,30?,32-,33-/m0/s1. The van der Waals surface area contributed by atoms with Crippen molar-refractivity contribution in [3.05, 3.63) is 29.8 Å². The number of phenols is 1. The second-order valence-corrected chi connectivity index (χ2v) is 14.3. The van der Waals surface area contributed by atoms with Crippen LogP contribution in [0.25, 0.3) is 0 Å². The van der Waals surface area contributed by atoms with Crippen molar-refractivity contribution in [1.82, 2.24) is 26.6 Å². The molecule has 1 aliphatic rings. The predicted molar refractivity (Wildman–Crippen MR) is 206 cm³/mol. The summed E-state index contributed by atoms with van der Waals surface area (Å²) in [6.45, 7) is 2.39. The molecule has 1 fully saturated rings. The highest BCUT2D eigenvalue weighted by Gasteiger charge is 2.29. The summed E-state index contributed by atoms with van der Waals surface area (Å²) in [6.07, 6.45) is 10.8. The maximum absolute atomic E-state index is 13.2. The molecule has 1 saturated carbocycles. The van der Waals surface area contributed by atoms with Gasteiger partial charge in [-0.3, -0.25) is 24.0 Å². The molecule has 0 saturated heterocycles. The zero-order valence-corrected chi connectivity index (χ0v) is 31.9. The SMILES string of the molecule is NCCCC[C@H](NC(=O)CCCCCNC(=O)CCCNC(=O)CCCCCNC(=O)[C@H](Cc1ccc(O)cc1)NC(=O)C1CCC(CN)CC1)C(=O)O. The Morgan fingerprint density at radius 1 is 0.648 bits per heavy atom. The molecule has 0 aromatic heterocycles. The monoisotopic (exact) mass is 759 g/mol. The van der Waals surface area contributed by atoms with Crippen molar-refractivity contribution in [1.29, 1.82) is 0 Å². The minimum absolute atomic E-state index is 0.0918. The molecular formula is C39H65N7O8. The highest BCUT2D eigenvalue weighted by molar-refractivity contribution is 5.88. The number of carbonyl (C=O) groups excluding carboxylic acids is 5. The van der Waals surface area contributed by atoms with E-state index in [0.717, 1.165) is 44.1 Å². The number of hydrogen-bond acceptors (Lipinski definition) is 9. The van der Waals surface area contributed by atoms with Crippen LogP contribution in [-0.2, 0) is 35.2 Å². The zero-order valence-electron chi connectivity index (χ0n) is 31.9. The quantitative estimate of drug-likeness (QED) is 0.0563. The van der Waals surface area contributed by atoms with Crippen LogP contribution in [0.3, 0.4) is 0 Å². The first kappa shape index (κ1) is 45.9. The smallest absolute Gasteiger partial charge is 0.326 e. The van der Waals surface area contributed by atoms with E-state index in [2.05, 4.69) is 26.6 Å². The van der Waals surface area contributed by atoms with Crippen LogP contribution in [0.5, 0.6) is 5.75 Å². The molecule has 1 aliphatic carbocycles. The van der Waals surface area contributed by atoms with Crippen LogP contribution < -0.4 is 38.1 Å². The number of carbonyl (C=O) groups is 6. The molecule has 0 radical (unpaired) electrons. The number of phenolic OH excluding ortho intramolecular Hbond substituents is 1. The first-order valence-corrected chi connectivity index (χ1v) is 19.8. The van der Waals surface area contributed by atoms with E-state index in [1.807, 2.05) is 0 Å². The predicted octanol–water partition coefficient (Wildman–Crippen LogP) is 2.13. The third-order valence-corrected chi connectivity index (χ3v) is 9.83. The summed E-state index contributed by atoms with van der Waals surface area (Å²) in [5.74, 6) is -1.49. The number of carboxylic acids is 1. The highest BCUT2D eigenvalue weighted by Crippen LogP contribution is 2.28. The first-order chi connectivity index (χ1) is 26.0. The molecule has 54 heavy (non-hydrogen) atoms. The molecule has 11 N–H and O–H groups in total. The topological polar surface area (TPSA) is 255 Å². The number of aliphatic carboxylic acids is 1. The molecule has 2 atom stereocenters. The maximum atomic E-state index is 13.2. The van der Waals surface area contributed by atoms with Gasteiger partial charge in [0.05, 0.1) is 0 Å². The normalized spacial score (nSPS) is 16.4. The third kappa shape index (κ3) is 20.3. The van der Waals surface area contributed by atoms with Crippen molar-refractivity contribution < 1.29 is 39.0 Å². The molecule has 5 amide bonds. The third-order valence-electron chi connectivity index (χ3n) is 9.83.